The van der Waals surface area contributed by atoms with Gasteiger partial charge in [0.1, 0.15) is 5.75 Å². The van der Waals surface area contributed by atoms with Gasteiger partial charge in [-0.2, -0.15) is 0 Å². The number of methoxy groups -OCH3 is 1. The molecule has 0 fully saturated rings. The van der Waals surface area contributed by atoms with Gasteiger partial charge in [0.25, 0.3) is 11.8 Å². The molecule has 0 radical (unpaired) electrons. The maximum Gasteiger partial charge on any atom is 0.276 e. The Morgan fingerprint density at radius 3 is 2.38 bits per heavy atom. The van der Waals surface area contributed by atoms with Crippen LogP contribution < -0.4 is 25.1 Å². The molecule has 0 spiro atoms. The number of carbonyl (C=O) groups is 2. The zero-order chi connectivity index (χ0) is 21.2. The fraction of sp³-hybridized carbons (Fsp3) is 0.273. The summed E-state index contributed by atoms with van der Waals surface area (Å²) in [6.45, 7) is 5.99. The van der Waals surface area contributed by atoms with E-state index < -0.39 is 11.8 Å². The first-order valence-corrected chi connectivity index (χ1v) is 9.21. The van der Waals surface area contributed by atoms with Crippen LogP contribution >= 0.6 is 0 Å². The van der Waals surface area contributed by atoms with E-state index in [4.69, 9.17) is 14.2 Å². The van der Waals surface area contributed by atoms with Crippen LogP contribution in [0.1, 0.15) is 23.6 Å². The normalized spacial score (nSPS) is 10.5. The number of para-hydroxylation sites is 1. The number of hydrazine groups is 1. The smallest absolute Gasteiger partial charge is 0.276 e. The first kappa shape index (κ1) is 21.8. The molecule has 0 saturated heterocycles. The van der Waals surface area contributed by atoms with Gasteiger partial charge in [0.2, 0.25) is 0 Å². The zero-order valence-corrected chi connectivity index (χ0v) is 17.1. The lowest BCUT2D eigenvalue weighted by Gasteiger charge is -2.12. The molecular formula is C22H26N2O5. The Labute approximate surface area is 170 Å². The predicted octanol–water partition coefficient (Wildman–Crippen LogP) is 2.95. The Bertz CT molecular complexity index is 873. The van der Waals surface area contributed by atoms with Gasteiger partial charge in [-0.3, -0.25) is 20.4 Å². The van der Waals surface area contributed by atoms with E-state index in [1.165, 1.54) is 6.08 Å². The molecule has 0 bridgehead atoms. The van der Waals surface area contributed by atoms with Gasteiger partial charge in [-0.25, -0.2) is 0 Å². The summed E-state index contributed by atoms with van der Waals surface area (Å²) in [7, 11) is 1.56. The van der Waals surface area contributed by atoms with Gasteiger partial charge >= 0.3 is 0 Å². The summed E-state index contributed by atoms with van der Waals surface area (Å²) in [5, 5.41) is 0. The first-order chi connectivity index (χ1) is 13.9. The monoisotopic (exact) mass is 398 g/mol. The highest BCUT2D eigenvalue weighted by molar-refractivity contribution is 5.93. The van der Waals surface area contributed by atoms with Gasteiger partial charge < -0.3 is 14.2 Å². The van der Waals surface area contributed by atoms with Crippen molar-refractivity contribution < 1.29 is 23.8 Å². The van der Waals surface area contributed by atoms with Crippen LogP contribution in [-0.4, -0.2) is 32.1 Å². The molecule has 2 rings (SSSR count). The van der Waals surface area contributed by atoms with E-state index >= 15 is 0 Å². The minimum absolute atomic E-state index is 0.202. The maximum absolute atomic E-state index is 11.9. The molecule has 154 valence electrons. The second-order valence-electron chi connectivity index (χ2n) is 6.22. The molecule has 2 amide bonds. The highest BCUT2D eigenvalue weighted by Crippen LogP contribution is 2.28. The van der Waals surface area contributed by atoms with Gasteiger partial charge in [-0.05, 0) is 55.7 Å². The minimum Gasteiger partial charge on any atom is -0.493 e. The summed E-state index contributed by atoms with van der Waals surface area (Å²) in [4.78, 5) is 23.8. The Morgan fingerprint density at radius 2 is 1.72 bits per heavy atom. The van der Waals surface area contributed by atoms with Crippen LogP contribution in [0.4, 0.5) is 0 Å². The van der Waals surface area contributed by atoms with E-state index in [-0.39, 0.29) is 6.61 Å². The fourth-order valence-corrected chi connectivity index (χ4v) is 2.61. The lowest BCUT2D eigenvalue weighted by Crippen LogP contribution is -2.43. The van der Waals surface area contributed by atoms with Gasteiger partial charge in [-0.1, -0.05) is 24.3 Å². The molecule has 2 N–H and O–H groups in total. The number of amides is 2. The summed E-state index contributed by atoms with van der Waals surface area (Å²) in [5.41, 5.74) is 7.28. The minimum atomic E-state index is -0.473. The zero-order valence-electron chi connectivity index (χ0n) is 17.1. The van der Waals surface area contributed by atoms with Crippen molar-refractivity contribution in [2.75, 3.05) is 20.3 Å². The van der Waals surface area contributed by atoms with Crippen molar-refractivity contribution in [1.29, 1.82) is 0 Å². The van der Waals surface area contributed by atoms with Crippen LogP contribution in [0.3, 0.4) is 0 Å². The average molecular weight is 398 g/mol. The molecule has 0 saturated carbocycles. The molecule has 29 heavy (non-hydrogen) atoms. The number of carbonyl (C=O) groups excluding carboxylic acids is 2. The molecule has 7 nitrogen and oxygen atoms in total. The molecular weight excluding hydrogens is 372 g/mol. The van der Waals surface area contributed by atoms with Crippen molar-refractivity contribution in [2.45, 2.75) is 20.8 Å². The van der Waals surface area contributed by atoms with Crippen LogP contribution in [0.2, 0.25) is 0 Å². The van der Waals surface area contributed by atoms with E-state index in [9.17, 15) is 9.59 Å². The third-order valence-corrected chi connectivity index (χ3v) is 4.00. The highest BCUT2D eigenvalue weighted by atomic mass is 16.5. The van der Waals surface area contributed by atoms with Crippen molar-refractivity contribution in [2.24, 2.45) is 0 Å². The number of hydrogen-bond donors (Lipinski definition) is 2. The van der Waals surface area contributed by atoms with Crippen LogP contribution in [0.15, 0.2) is 42.5 Å². The number of rotatable bonds is 8. The topological polar surface area (TPSA) is 85.9 Å². The summed E-state index contributed by atoms with van der Waals surface area (Å²) in [6, 6.07) is 11.1. The SMILES string of the molecule is CCOc1cc(/C=C/C(=O)NNC(=O)COc2c(C)cccc2C)ccc1OC. The number of hydrogen-bond acceptors (Lipinski definition) is 5. The van der Waals surface area contributed by atoms with Gasteiger partial charge in [-0.15, -0.1) is 0 Å². The second kappa shape index (κ2) is 10.8. The summed E-state index contributed by atoms with van der Waals surface area (Å²) in [5.74, 6) is 0.939. The van der Waals surface area contributed by atoms with Gasteiger partial charge in [0.05, 0.1) is 13.7 Å². The molecule has 2 aromatic carbocycles. The molecule has 0 unspecified atom stereocenters. The van der Waals surface area contributed by atoms with Crippen LogP contribution in [0.25, 0.3) is 6.08 Å². The Kier molecular flexibility index (Phi) is 8.09. The molecule has 7 heteroatoms. The second-order valence-corrected chi connectivity index (χ2v) is 6.22. The van der Waals surface area contributed by atoms with Crippen LogP contribution in [0, 0.1) is 13.8 Å². The predicted molar refractivity (Wildman–Crippen MR) is 111 cm³/mol. The van der Waals surface area contributed by atoms with Crippen LogP contribution in [0.5, 0.6) is 17.2 Å². The largest absolute Gasteiger partial charge is 0.493 e. The Hall–Kier alpha value is -3.48. The lowest BCUT2D eigenvalue weighted by atomic mass is 10.1. The van der Waals surface area contributed by atoms with Gasteiger partial charge in [0.15, 0.2) is 18.1 Å². The molecule has 0 aromatic heterocycles. The van der Waals surface area contributed by atoms with Crippen molar-refractivity contribution >= 4 is 17.9 Å². The summed E-state index contributed by atoms with van der Waals surface area (Å²) >= 11 is 0. The fourth-order valence-electron chi connectivity index (χ4n) is 2.61. The summed E-state index contributed by atoms with van der Waals surface area (Å²) in [6.07, 6.45) is 2.92. The number of benzene rings is 2. The van der Waals surface area contributed by atoms with E-state index in [0.717, 1.165) is 16.7 Å². The molecule has 0 atom stereocenters. The van der Waals surface area contributed by atoms with E-state index in [1.807, 2.05) is 39.0 Å². The highest BCUT2D eigenvalue weighted by Gasteiger charge is 2.08. The third kappa shape index (κ3) is 6.57. The standard InChI is InChI=1S/C22H26N2O5/c1-5-28-19-13-17(9-11-18(19)27-4)10-12-20(25)23-24-21(26)14-29-22-15(2)7-6-8-16(22)3/h6-13H,5,14H2,1-4H3,(H,23,25)(H,24,26)/b12-10+. The van der Waals surface area contributed by atoms with Crippen molar-refractivity contribution in [3.63, 3.8) is 0 Å². The molecule has 0 heterocycles. The first-order valence-electron chi connectivity index (χ1n) is 9.21. The average Bonchev–Trinajstić information content (AvgIpc) is 2.70. The van der Waals surface area contributed by atoms with Crippen molar-refractivity contribution in [3.05, 3.63) is 59.2 Å². The van der Waals surface area contributed by atoms with Gasteiger partial charge in [0, 0.05) is 6.08 Å². The molecule has 0 aliphatic rings. The Balaban J connectivity index is 1.84. The number of ether oxygens (including phenoxy) is 3. The third-order valence-electron chi connectivity index (χ3n) is 4.00. The summed E-state index contributed by atoms with van der Waals surface area (Å²) < 4.78 is 16.3. The van der Waals surface area contributed by atoms with Crippen molar-refractivity contribution in [3.8, 4) is 17.2 Å². The lowest BCUT2D eigenvalue weighted by molar-refractivity contribution is -0.128. The van der Waals surface area contributed by atoms with E-state index in [1.54, 1.807) is 31.4 Å². The van der Waals surface area contributed by atoms with Crippen LogP contribution in [-0.2, 0) is 9.59 Å². The number of nitrogens with one attached hydrogen (secondary N) is 2. The van der Waals surface area contributed by atoms with E-state index in [2.05, 4.69) is 10.9 Å². The van der Waals surface area contributed by atoms with E-state index in [0.29, 0.717) is 23.9 Å². The maximum atomic E-state index is 11.9. The van der Waals surface area contributed by atoms with Crippen molar-refractivity contribution in [1.82, 2.24) is 10.9 Å². The Morgan fingerprint density at radius 1 is 1.00 bits per heavy atom. The number of aryl methyl sites for hydroxylation is 2. The molecule has 0 aliphatic carbocycles. The molecule has 0 aliphatic heterocycles. The molecule has 2 aromatic rings. The quantitative estimate of drug-likeness (QED) is 0.527.